The Hall–Kier alpha value is -4.13. The zero-order valence-corrected chi connectivity index (χ0v) is 25.6. The molecule has 11 nitrogen and oxygen atoms in total. The van der Waals surface area contributed by atoms with Crippen LogP contribution in [0.15, 0.2) is 54.9 Å². The molecule has 2 aromatic heterocycles. The van der Waals surface area contributed by atoms with Crippen molar-refractivity contribution < 1.29 is 28.2 Å². The molecule has 5 rings (SSSR count). The largest absolute Gasteiger partial charge is 0.481 e. The Balaban J connectivity index is 1.18. The van der Waals surface area contributed by atoms with E-state index in [4.69, 9.17) is 14.2 Å². The third-order valence-corrected chi connectivity index (χ3v) is 8.00. The average Bonchev–Trinajstić information content (AvgIpc) is 3.02. The third kappa shape index (κ3) is 7.50. The number of anilines is 1. The Morgan fingerprint density at radius 1 is 1.02 bits per heavy atom. The van der Waals surface area contributed by atoms with Crippen molar-refractivity contribution in [3.8, 4) is 17.4 Å². The van der Waals surface area contributed by atoms with Gasteiger partial charge in [-0.05, 0) is 63.2 Å². The zero-order chi connectivity index (χ0) is 31.3. The lowest BCUT2D eigenvalue weighted by Crippen LogP contribution is -2.63. The number of hydrogen-bond donors (Lipinski definition) is 1. The van der Waals surface area contributed by atoms with Gasteiger partial charge in [0.05, 0.1) is 43.7 Å². The molecule has 12 heteroatoms. The average molecular weight is 607 g/mol. The minimum Gasteiger partial charge on any atom is -0.481 e. The summed E-state index contributed by atoms with van der Waals surface area (Å²) in [7, 11) is 1.59. The highest BCUT2D eigenvalue weighted by Crippen LogP contribution is 2.27. The monoisotopic (exact) mass is 606 g/mol. The number of hydrogen-bond acceptors (Lipinski definition) is 9. The van der Waals surface area contributed by atoms with Crippen molar-refractivity contribution in [2.75, 3.05) is 58.4 Å². The van der Waals surface area contributed by atoms with E-state index in [0.29, 0.717) is 68.2 Å². The fourth-order valence-electron chi connectivity index (χ4n) is 5.52. The van der Waals surface area contributed by atoms with Gasteiger partial charge in [0, 0.05) is 51.0 Å². The Morgan fingerprint density at radius 2 is 1.75 bits per heavy atom. The van der Waals surface area contributed by atoms with Crippen LogP contribution in [0.25, 0.3) is 0 Å². The number of aromatic nitrogens is 2. The van der Waals surface area contributed by atoms with Gasteiger partial charge in [-0.15, -0.1) is 0 Å². The molecule has 0 bridgehead atoms. The van der Waals surface area contributed by atoms with E-state index in [1.807, 2.05) is 31.7 Å². The van der Waals surface area contributed by atoms with Crippen LogP contribution in [0.2, 0.25) is 0 Å². The fourth-order valence-corrected chi connectivity index (χ4v) is 5.52. The van der Waals surface area contributed by atoms with Crippen molar-refractivity contribution in [2.24, 2.45) is 0 Å². The summed E-state index contributed by atoms with van der Waals surface area (Å²) in [6, 6.07) is 10.4. The first-order valence-corrected chi connectivity index (χ1v) is 14.7. The summed E-state index contributed by atoms with van der Waals surface area (Å²) in [5.41, 5.74) is 0.844. The van der Waals surface area contributed by atoms with Gasteiger partial charge >= 0.3 is 0 Å². The van der Waals surface area contributed by atoms with Gasteiger partial charge in [0.15, 0.2) is 0 Å². The van der Waals surface area contributed by atoms with Crippen LogP contribution in [-0.2, 0) is 16.1 Å². The summed E-state index contributed by atoms with van der Waals surface area (Å²) >= 11 is 0. The summed E-state index contributed by atoms with van der Waals surface area (Å²) in [5.74, 6) is 1.20. The van der Waals surface area contributed by atoms with Crippen molar-refractivity contribution in [1.29, 1.82) is 0 Å². The molecule has 2 saturated heterocycles. The second-order valence-corrected chi connectivity index (χ2v) is 11.6. The highest BCUT2D eigenvalue weighted by molar-refractivity contribution is 5.95. The SMILES string of the molecule is COc1ncc(C(=O)N2CCN([C@@H](C)C(=O)Nc3ccc(Oc4ccc(F)cc4)cn3)CC2(C)C)cc1CN1CCOCC1. The van der Waals surface area contributed by atoms with Gasteiger partial charge in [0.2, 0.25) is 11.8 Å². The summed E-state index contributed by atoms with van der Waals surface area (Å²) < 4.78 is 29.7. The predicted molar refractivity (Wildman–Crippen MR) is 162 cm³/mol. The van der Waals surface area contributed by atoms with E-state index in [9.17, 15) is 14.0 Å². The van der Waals surface area contributed by atoms with E-state index < -0.39 is 11.6 Å². The smallest absolute Gasteiger partial charge is 0.255 e. The lowest BCUT2D eigenvalue weighted by molar-refractivity contribution is -0.122. The van der Waals surface area contributed by atoms with Gasteiger partial charge in [0.25, 0.3) is 5.91 Å². The number of rotatable bonds is 9. The molecule has 1 aromatic carbocycles. The topological polar surface area (TPSA) is 109 Å². The maximum absolute atomic E-state index is 13.7. The molecule has 2 aliphatic heterocycles. The molecule has 234 valence electrons. The summed E-state index contributed by atoms with van der Waals surface area (Å²) in [4.78, 5) is 41.8. The van der Waals surface area contributed by atoms with Crippen LogP contribution in [-0.4, -0.2) is 101 Å². The van der Waals surface area contributed by atoms with Crippen LogP contribution in [0.4, 0.5) is 10.2 Å². The molecular weight excluding hydrogens is 567 g/mol. The van der Waals surface area contributed by atoms with E-state index in [1.54, 1.807) is 25.4 Å². The minimum absolute atomic E-state index is 0.0997. The van der Waals surface area contributed by atoms with E-state index >= 15 is 0 Å². The lowest BCUT2D eigenvalue weighted by Gasteiger charge is -2.48. The third-order valence-electron chi connectivity index (χ3n) is 8.00. The van der Waals surface area contributed by atoms with Crippen molar-refractivity contribution in [1.82, 2.24) is 24.7 Å². The molecule has 2 aliphatic rings. The second-order valence-electron chi connectivity index (χ2n) is 11.6. The molecule has 0 radical (unpaired) electrons. The molecule has 0 spiro atoms. The molecule has 3 aromatic rings. The number of morpholine rings is 1. The Bertz CT molecular complexity index is 1450. The summed E-state index contributed by atoms with van der Waals surface area (Å²) in [6.45, 7) is 11.0. The Kier molecular flexibility index (Phi) is 9.72. The van der Waals surface area contributed by atoms with Crippen LogP contribution in [0.5, 0.6) is 17.4 Å². The van der Waals surface area contributed by atoms with Gasteiger partial charge in [-0.2, -0.15) is 0 Å². The Morgan fingerprint density at radius 3 is 2.41 bits per heavy atom. The lowest BCUT2D eigenvalue weighted by atomic mass is 9.96. The molecular formula is C32H39FN6O5. The van der Waals surface area contributed by atoms with E-state index in [-0.39, 0.29) is 17.6 Å². The molecule has 0 saturated carbocycles. The van der Waals surface area contributed by atoms with Crippen molar-refractivity contribution in [2.45, 2.75) is 38.9 Å². The molecule has 2 amide bonds. The predicted octanol–water partition coefficient (Wildman–Crippen LogP) is 3.81. The fraction of sp³-hybridized carbons (Fsp3) is 0.438. The number of benzene rings is 1. The molecule has 2 fully saturated rings. The molecule has 1 N–H and O–H groups in total. The number of piperazine rings is 1. The van der Waals surface area contributed by atoms with Gasteiger partial charge < -0.3 is 24.4 Å². The maximum Gasteiger partial charge on any atom is 0.255 e. The molecule has 1 atom stereocenters. The van der Waals surface area contributed by atoms with Gasteiger partial charge in [0.1, 0.15) is 23.1 Å². The first kappa shape index (κ1) is 31.3. The van der Waals surface area contributed by atoms with Crippen LogP contribution in [0.1, 0.15) is 36.7 Å². The first-order chi connectivity index (χ1) is 21.1. The standard InChI is InChI=1S/C32H39FN6O5/c1-22(29(40)36-28-10-9-27(19-34-28)44-26-7-5-25(33)6-8-26)38-11-12-39(32(2,3)21-38)31(41)23-17-24(30(42-4)35-18-23)20-37-13-15-43-16-14-37/h5-10,17-19,22H,11-16,20-21H2,1-4H3,(H,34,36,40)/t22-/m0/s1. The number of nitrogens with zero attached hydrogens (tertiary/aromatic N) is 5. The summed E-state index contributed by atoms with van der Waals surface area (Å²) in [5, 5.41) is 2.87. The first-order valence-electron chi connectivity index (χ1n) is 14.7. The maximum atomic E-state index is 13.7. The minimum atomic E-state index is -0.536. The van der Waals surface area contributed by atoms with Gasteiger partial charge in [-0.3, -0.25) is 19.4 Å². The van der Waals surface area contributed by atoms with E-state index in [1.165, 1.54) is 30.5 Å². The van der Waals surface area contributed by atoms with Crippen molar-refractivity contribution >= 4 is 17.6 Å². The summed E-state index contributed by atoms with van der Waals surface area (Å²) in [6.07, 6.45) is 3.07. The van der Waals surface area contributed by atoms with Crippen molar-refractivity contribution in [3.05, 3.63) is 71.8 Å². The zero-order valence-electron chi connectivity index (χ0n) is 25.6. The number of pyridine rings is 2. The number of ether oxygens (including phenoxy) is 3. The van der Waals surface area contributed by atoms with Crippen LogP contribution >= 0.6 is 0 Å². The number of halogens is 1. The van der Waals surface area contributed by atoms with Crippen molar-refractivity contribution in [3.63, 3.8) is 0 Å². The van der Waals surface area contributed by atoms with Gasteiger partial charge in [-0.1, -0.05) is 0 Å². The molecule has 0 unspecified atom stereocenters. The number of amides is 2. The highest BCUT2D eigenvalue weighted by atomic mass is 19.1. The highest BCUT2D eigenvalue weighted by Gasteiger charge is 2.40. The van der Waals surface area contributed by atoms with Gasteiger partial charge in [-0.25, -0.2) is 14.4 Å². The number of methoxy groups -OCH3 is 1. The quantitative estimate of drug-likeness (QED) is 0.389. The van der Waals surface area contributed by atoms with E-state index in [0.717, 1.165) is 18.7 Å². The van der Waals surface area contributed by atoms with Crippen LogP contribution < -0.4 is 14.8 Å². The number of nitrogens with one attached hydrogen (secondary N) is 1. The number of carbonyl (C=O) groups excluding carboxylic acids is 2. The Labute approximate surface area is 256 Å². The second kappa shape index (κ2) is 13.7. The normalized spacial score (nSPS) is 18.0. The molecule has 44 heavy (non-hydrogen) atoms. The molecule has 4 heterocycles. The molecule has 0 aliphatic carbocycles. The van der Waals surface area contributed by atoms with E-state index in [2.05, 4.69) is 25.1 Å². The van der Waals surface area contributed by atoms with Crippen LogP contribution in [0.3, 0.4) is 0 Å². The number of carbonyl (C=O) groups is 2. The van der Waals surface area contributed by atoms with Crippen LogP contribution in [0, 0.1) is 5.82 Å².